The van der Waals surface area contributed by atoms with Crippen LogP contribution in [0, 0.1) is 0 Å². The smallest absolute Gasteiger partial charge is 0.433 e. The molecular weight excluding hydrogens is 409 g/mol. The minimum Gasteiger partial charge on any atom is -0.484 e. The Morgan fingerprint density at radius 3 is 2.29 bits per heavy atom. The van der Waals surface area contributed by atoms with Gasteiger partial charge in [0.25, 0.3) is 5.91 Å². The van der Waals surface area contributed by atoms with Crippen LogP contribution in [0.5, 0.6) is 11.6 Å². The maximum Gasteiger partial charge on any atom is 0.433 e. The van der Waals surface area contributed by atoms with Crippen LogP contribution in [0.25, 0.3) is 11.1 Å². The number of hydrogen-bond donors (Lipinski definition) is 0. The molecule has 1 aliphatic heterocycles. The number of aromatic nitrogens is 1. The molecule has 2 heterocycles. The first-order chi connectivity index (χ1) is 14.9. The fourth-order valence-electron chi connectivity index (χ4n) is 3.14. The summed E-state index contributed by atoms with van der Waals surface area (Å²) in [6.07, 6.45) is -4.93. The fraction of sp³-hybridized carbons (Fsp3) is 0.217. The van der Waals surface area contributed by atoms with Crippen molar-refractivity contribution in [2.45, 2.75) is 12.3 Å². The highest BCUT2D eigenvalue weighted by Gasteiger charge is 2.35. The summed E-state index contributed by atoms with van der Waals surface area (Å²) in [7, 11) is 0. The Kier molecular flexibility index (Phi) is 5.79. The molecule has 0 bridgehead atoms. The average molecular weight is 428 g/mol. The third-order valence-electron chi connectivity index (χ3n) is 4.83. The van der Waals surface area contributed by atoms with Gasteiger partial charge < -0.3 is 14.4 Å². The molecule has 5 nitrogen and oxygen atoms in total. The van der Waals surface area contributed by atoms with Crippen LogP contribution in [0.1, 0.15) is 5.69 Å². The largest absolute Gasteiger partial charge is 0.484 e. The summed E-state index contributed by atoms with van der Waals surface area (Å²) in [5.41, 5.74) is 1.13. The molecule has 0 aliphatic carbocycles. The Labute approximate surface area is 177 Å². The Morgan fingerprint density at radius 1 is 0.935 bits per heavy atom. The third-order valence-corrected chi connectivity index (χ3v) is 4.83. The predicted molar refractivity (Wildman–Crippen MR) is 108 cm³/mol. The zero-order chi connectivity index (χ0) is 21.8. The molecule has 0 atom stereocenters. The Balaban J connectivity index is 1.23. The molecule has 0 radical (unpaired) electrons. The molecule has 1 aromatic heterocycles. The lowest BCUT2D eigenvalue weighted by Gasteiger charge is -2.38. The number of nitrogens with zero attached hydrogens (tertiary/aromatic N) is 2. The lowest BCUT2D eigenvalue weighted by molar-refractivity contribution is -0.143. The maximum atomic E-state index is 12.7. The van der Waals surface area contributed by atoms with Crippen molar-refractivity contribution < 1.29 is 27.4 Å². The monoisotopic (exact) mass is 428 g/mol. The van der Waals surface area contributed by atoms with E-state index in [1.165, 1.54) is 17.0 Å². The Bertz CT molecular complexity index is 1030. The second-order valence-electron chi connectivity index (χ2n) is 7.08. The number of alkyl halides is 3. The lowest BCUT2D eigenvalue weighted by atomic mass is 10.1. The van der Waals surface area contributed by atoms with Crippen LogP contribution >= 0.6 is 0 Å². The van der Waals surface area contributed by atoms with Crippen molar-refractivity contribution >= 4 is 5.91 Å². The molecule has 0 spiro atoms. The van der Waals surface area contributed by atoms with Crippen molar-refractivity contribution in [1.82, 2.24) is 9.88 Å². The van der Waals surface area contributed by atoms with E-state index in [0.717, 1.165) is 17.2 Å². The molecule has 8 heteroatoms. The number of amides is 1. The highest BCUT2D eigenvalue weighted by atomic mass is 19.4. The van der Waals surface area contributed by atoms with Crippen LogP contribution in [-0.2, 0) is 11.0 Å². The first kappa shape index (κ1) is 20.7. The third kappa shape index (κ3) is 5.14. The number of rotatable bonds is 6. The first-order valence-electron chi connectivity index (χ1n) is 9.65. The summed E-state index contributed by atoms with van der Waals surface area (Å²) < 4.78 is 49.1. The van der Waals surface area contributed by atoms with E-state index < -0.39 is 18.0 Å². The van der Waals surface area contributed by atoms with E-state index in [4.69, 9.17) is 9.47 Å². The number of carbonyl (C=O) groups is 1. The quantitative estimate of drug-likeness (QED) is 0.583. The van der Waals surface area contributed by atoms with E-state index in [1.807, 2.05) is 42.5 Å². The van der Waals surface area contributed by atoms with Crippen LogP contribution in [0.3, 0.4) is 0 Å². The fourth-order valence-corrected chi connectivity index (χ4v) is 3.14. The van der Waals surface area contributed by atoms with Crippen molar-refractivity contribution in [2.24, 2.45) is 0 Å². The van der Waals surface area contributed by atoms with Gasteiger partial charge in [-0.25, -0.2) is 4.98 Å². The van der Waals surface area contributed by atoms with Crippen LogP contribution in [-0.4, -0.2) is 41.6 Å². The van der Waals surface area contributed by atoms with E-state index in [2.05, 4.69) is 4.98 Å². The van der Waals surface area contributed by atoms with Gasteiger partial charge in [0, 0.05) is 6.07 Å². The molecule has 31 heavy (non-hydrogen) atoms. The van der Waals surface area contributed by atoms with Gasteiger partial charge in [0.15, 0.2) is 6.61 Å². The number of carbonyl (C=O) groups excluding carboxylic acids is 1. The predicted octanol–water partition coefficient (Wildman–Crippen LogP) is 4.44. The highest BCUT2D eigenvalue weighted by molar-refractivity contribution is 5.78. The van der Waals surface area contributed by atoms with Gasteiger partial charge in [-0.2, -0.15) is 13.2 Å². The van der Waals surface area contributed by atoms with Gasteiger partial charge >= 0.3 is 6.18 Å². The summed E-state index contributed by atoms with van der Waals surface area (Å²) >= 11 is 0. The molecule has 3 aromatic rings. The summed E-state index contributed by atoms with van der Waals surface area (Å²) in [5.74, 6) is 0.250. The molecule has 0 N–H and O–H groups in total. The minimum atomic E-state index is -4.53. The molecule has 160 valence electrons. The molecule has 1 saturated heterocycles. The molecule has 0 unspecified atom stereocenters. The first-order valence-corrected chi connectivity index (χ1v) is 9.65. The second kappa shape index (κ2) is 8.67. The molecule has 2 aromatic carbocycles. The van der Waals surface area contributed by atoms with Gasteiger partial charge in [-0.3, -0.25) is 4.79 Å². The second-order valence-corrected chi connectivity index (χ2v) is 7.08. The van der Waals surface area contributed by atoms with E-state index in [9.17, 15) is 18.0 Å². The van der Waals surface area contributed by atoms with Crippen LogP contribution in [0.15, 0.2) is 72.8 Å². The van der Waals surface area contributed by atoms with Gasteiger partial charge in [0.05, 0.1) is 13.1 Å². The number of likely N-dealkylation sites (tertiary alicyclic amines) is 1. The molecule has 0 saturated carbocycles. The summed E-state index contributed by atoms with van der Waals surface area (Å²) in [5, 5.41) is 0. The van der Waals surface area contributed by atoms with Gasteiger partial charge in [0.2, 0.25) is 5.88 Å². The average Bonchev–Trinajstić information content (AvgIpc) is 2.75. The zero-order valence-electron chi connectivity index (χ0n) is 16.4. The Hall–Kier alpha value is -3.55. The van der Waals surface area contributed by atoms with Gasteiger partial charge in [-0.15, -0.1) is 0 Å². The van der Waals surface area contributed by atoms with Crippen molar-refractivity contribution in [3.63, 3.8) is 0 Å². The number of hydrogen-bond acceptors (Lipinski definition) is 4. The van der Waals surface area contributed by atoms with Crippen molar-refractivity contribution in [3.05, 3.63) is 78.5 Å². The van der Waals surface area contributed by atoms with Crippen LogP contribution < -0.4 is 9.47 Å². The lowest BCUT2D eigenvalue weighted by Crippen LogP contribution is -2.57. The number of halogens is 3. The van der Waals surface area contributed by atoms with Crippen molar-refractivity contribution in [3.8, 4) is 22.8 Å². The van der Waals surface area contributed by atoms with Gasteiger partial charge in [-0.05, 0) is 29.3 Å². The number of pyridine rings is 1. The molecule has 1 fully saturated rings. The standard InChI is InChI=1S/C23H19F3N2O3/c24-23(25,26)20-7-4-8-21(27-20)31-19-13-28(14-19)22(29)15-30-18-11-9-17(10-12-18)16-5-2-1-3-6-16/h1-12,19H,13-15H2. The highest BCUT2D eigenvalue weighted by Crippen LogP contribution is 2.29. The van der Waals surface area contributed by atoms with Gasteiger partial charge in [0.1, 0.15) is 17.5 Å². The molecular formula is C23H19F3N2O3. The summed E-state index contributed by atoms with van der Waals surface area (Å²) in [6.45, 7) is 0.416. The number of benzene rings is 2. The Morgan fingerprint density at radius 2 is 1.61 bits per heavy atom. The van der Waals surface area contributed by atoms with E-state index in [1.54, 1.807) is 12.1 Å². The summed E-state index contributed by atoms with van der Waals surface area (Å²) in [6, 6.07) is 20.8. The maximum absolute atomic E-state index is 12.7. The minimum absolute atomic E-state index is 0.110. The molecule has 1 amide bonds. The normalized spacial score (nSPS) is 14.1. The van der Waals surface area contributed by atoms with E-state index in [-0.39, 0.29) is 31.5 Å². The molecule has 1 aliphatic rings. The van der Waals surface area contributed by atoms with Crippen molar-refractivity contribution in [2.75, 3.05) is 19.7 Å². The van der Waals surface area contributed by atoms with E-state index >= 15 is 0 Å². The summed E-state index contributed by atoms with van der Waals surface area (Å²) in [4.78, 5) is 17.2. The van der Waals surface area contributed by atoms with Gasteiger partial charge in [-0.1, -0.05) is 48.5 Å². The van der Waals surface area contributed by atoms with Crippen LogP contribution in [0.4, 0.5) is 13.2 Å². The van der Waals surface area contributed by atoms with Crippen molar-refractivity contribution in [1.29, 1.82) is 0 Å². The van der Waals surface area contributed by atoms with E-state index in [0.29, 0.717) is 5.75 Å². The van der Waals surface area contributed by atoms with Crippen LogP contribution in [0.2, 0.25) is 0 Å². The molecule has 4 rings (SSSR count). The zero-order valence-corrected chi connectivity index (χ0v) is 16.4. The number of ether oxygens (including phenoxy) is 2. The SMILES string of the molecule is O=C(COc1ccc(-c2ccccc2)cc1)N1CC(Oc2cccc(C(F)(F)F)n2)C1. The topological polar surface area (TPSA) is 51.7 Å².